The molecule has 2 atom stereocenters. The summed E-state index contributed by atoms with van der Waals surface area (Å²) in [5, 5.41) is 31.8. The maximum atomic E-state index is 13.3. The lowest BCUT2D eigenvalue weighted by Crippen LogP contribution is -2.47. The summed E-state index contributed by atoms with van der Waals surface area (Å²) in [6.07, 6.45) is 7.27. The number of amides is 2. The van der Waals surface area contributed by atoms with Crippen molar-refractivity contribution in [1.29, 1.82) is 0 Å². The van der Waals surface area contributed by atoms with Gasteiger partial charge in [0.05, 0.1) is 32.0 Å². The van der Waals surface area contributed by atoms with Crippen molar-refractivity contribution in [3.8, 4) is 5.88 Å². The summed E-state index contributed by atoms with van der Waals surface area (Å²) in [6, 6.07) is 1.40. The summed E-state index contributed by atoms with van der Waals surface area (Å²) < 4.78 is 24.6. The fourth-order valence-electron chi connectivity index (χ4n) is 5.48. The van der Waals surface area contributed by atoms with Gasteiger partial charge in [0.15, 0.2) is 9.92 Å². The van der Waals surface area contributed by atoms with Crippen LogP contribution in [0.25, 0.3) is 0 Å². The van der Waals surface area contributed by atoms with Crippen LogP contribution in [0.4, 0.5) is 10.5 Å². The second kappa shape index (κ2) is 9.86. The average molecular weight is 505 g/mol. The molecule has 0 radical (unpaired) electrons. The van der Waals surface area contributed by atoms with Gasteiger partial charge >= 0.3 is 6.03 Å². The quantitative estimate of drug-likeness (QED) is 0.435. The highest BCUT2D eigenvalue weighted by Gasteiger charge is 2.31. The lowest BCUT2D eigenvalue weighted by atomic mass is 9.99. The third-order valence-corrected chi connectivity index (χ3v) is 8.43. The minimum atomic E-state index is -3.60. The molecule has 1 aromatic heterocycles. The highest BCUT2D eigenvalue weighted by molar-refractivity contribution is 7.91. The molecule has 0 spiro atoms. The predicted molar refractivity (Wildman–Crippen MR) is 130 cm³/mol. The van der Waals surface area contributed by atoms with Crippen LogP contribution in [-0.4, -0.2) is 74.1 Å². The zero-order chi connectivity index (χ0) is 24.6. The molecule has 12 heteroatoms. The lowest BCUT2D eigenvalue weighted by molar-refractivity contribution is 0.0562. The van der Waals surface area contributed by atoms with E-state index in [-0.39, 0.29) is 36.6 Å². The van der Waals surface area contributed by atoms with E-state index in [1.807, 2.05) is 4.90 Å². The standard InChI is InChI=1S/C23H32N6O5S/c24-35(33,20-12-25-29-13-17(14-34-22(20)29)28(7-9-30)8-10-31)27-23(32)26-21-18-5-1-3-15(18)11-16-4-2-6-19(16)21/h11-12,17,30-31H,1-10,13-14H2,(H3,24,26,27,32,33)/t17-,35?/m1/s1. The molecule has 0 bridgehead atoms. The molecule has 2 aromatic rings. The summed E-state index contributed by atoms with van der Waals surface area (Å²) in [6.45, 7) is 1.31. The molecule has 3 aliphatic rings. The van der Waals surface area contributed by atoms with Crippen molar-refractivity contribution in [1.82, 2.24) is 14.7 Å². The molecule has 1 aliphatic heterocycles. The van der Waals surface area contributed by atoms with Crippen molar-refractivity contribution >= 4 is 21.6 Å². The van der Waals surface area contributed by atoms with Crippen LogP contribution in [0, 0.1) is 0 Å². The molecule has 5 rings (SSSR count). The maximum Gasteiger partial charge on any atom is 0.354 e. The third kappa shape index (κ3) is 4.68. The van der Waals surface area contributed by atoms with Crippen LogP contribution in [0.2, 0.25) is 0 Å². The molecular weight excluding hydrogens is 472 g/mol. The number of anilines is 1. The zero-order valence-electron chi connectivity index (χ0n) is 19.6. The Morgan fingerprint density at radius 1 is 1.20 bits per heavy atom. The van der Waals surface area contributed by atoms with Crippen LogP contribution in [0.1, 0.15) is 35.1 Å². The van der Waals surface area contributed by atoms with Crippen molar-refractivity contribution in [3.05, 3.63) is 34.5 Å². The molecule has 1 unspecified atom stereocenters. The van der Waals surface area contributed by atoms with Gasteiger partial charge < -0.3 is 20.3 Å². The number of aliphatic hydroxyl groups is 2. The fourth-order valence-corrected chi connectivity index (χ4v) is 6.49. The van der Waals surface area contributed by atoms with E-state index in [0.717, 1.165) is 55.3 Å². The molecule has 0 saturated carbocycles. The first-order chi connectivity index (χ1) is 16.9. The average Bonchev–Trinajstić information content (AvgIpc) is 3.57. The van der Waals surface area contributed by atoms with Crippen LogP contribution < -0.4 is 15.2 Å². The maximum absolute atomic E-state index is 13.3. The van der Waals surface area contributed by atoms with E-state index >= 15 is 0 Å². The molecule has 0 fully saturated rings. The van der Waals surface area contributed by atoms with Gasteiger partial charge in [0, 0.05) is 18.8 Å². The fraction of sp³-hybridized carbons (Fsp3) is 0.565. The highest BCUT2D eigenvalue weighted by Crippen LogP contribution is 2.38. The van der Waals surface area contributed by atoms with E-state index in [4.69, 9.17) is 9.88 Å². The Bertz CT molecular complexity index is 1210. The zero-order valence-corrected chi connectivity index (χ0v) is 20.4. The number of hydrogen-bond donors (Lipinski definition) is 4. The molecule has 35 heavy (non-hydrogen) atoms. The molecule has 2 heterocycles. The number of urea groups is 1. The molecule has 2 aliphatic carbocycles. The number of hydrogen-bond acceptors (Lipinski definition) is 7. The number of nitrogens with two attached hydrogens (primary N) is 1. The second-order valence-electron chi connectivity index (χ2n) is 9.27. The Labute approximate surface area is 204 Å². The number of nitrogens with zero attached hydrogens (tertiary/aromatic N) is 4. The molecule has 190 valence electrons. The van der Waals surface area contributed by atoms with Crippen molar-refractivity contribution < 1.29 is 24.0 Å². The van der Waals surface area contributed by atoms with Crippen molar-refractivity contribution in [3.63, 3.8) is 0 Å². The number of benzene rings is 1. The van der Waals surface area contributed by atoms with Gasteiger partial charge in [0.1, 0.15) is 11.5 Å². The largest absolute Gasteiger partial charge is 0.475 e. The Hall–Kier alpha value is -2.51. The summed E-state index contributed by atoms with van der Waals surface area (Å²) >= 11 is 0. The van der Waals surface area contributed by atoms with Gasteiger partial charge in [-0.25, -0.2) is 18.8 Å². The van der Waals surface area contributed by atoms with E-state index in [2.05, 4.69) is 20.8 Å². The minimum absolute atomic E-state index is 0.0494. The lowest BCUT2D eigenvalue weighted by Gasteiger charge is -2.33. The molecule has 2 amide bonds. The normalized spacial score (nSPS) is 20.1. The SMILES string of the molecule is NS(=O)(=NC(=O)Nc1c2c(cc3c1CCC3)CCC2)c1cnn2c1OC[C@H](N(CCO)CCO)C2. The van der Waals surface area contributed by atoms with Crippen LogP contribution in [0.3, 0.4) is 0 Å². The number of aliphatic hydroxyl groups excluding tert-OH is 2. The summed E-state index contributed by atoms with van der Waals surface area (Å²) in [4.78, 5) is 14.9. The van der Waals surface area contributed by atoms with E-state index in [0.29, 0.717) is 19.6 Å². The van der Waals surface area contributed by atoms with Crippen LogP contribution in [0.15, 0.2) is 21.5 Å². The first kappa shape index (κ1) is 24.2. The number of ether oxygens (including phenoxy) is 1. The van der Waals surface area contributed by atoms with E-state index in [9.17, 15) is 19.2 Å². The smallest absolute Gasteiger partial charge is 0.354 e. The number of aryl methyl sites for hydroxylation is 2. The number of rotatable bonds is 7. The molecule has 11 nitrogen and oxygen atoms in total. The summed E-state index contributed by atoms with van der Waals surface area (Å²) in [5.74, 6) is 0.222. The highest BCUT2D eigenvalue weighted by atomic mass is 32.2. The van der Waals surface area contributed by atoms with Gasteiger partial charge in [0.25, 0.3) is 0 Å². The van der Waals surface area contributed by atoms with Gasteiger partial charge in [0.2, 0.25) is 5.88 Å². The molecule has 5 N–H and O–H groups in total. The molecule has 1 aromatic carbocycles. The van der Waals surface area contributed by atoms with E-state index < -0.39 is 15.9 Å². The third-order valence-electron chi connectivity index (χ3n) is 7.09. The van der Waals surface area contributed by atoms with Crippen molar-refractivity contribution in [2.45, 2.75) is 56.0 Å². The van der Waals surface area contributed by atoms with Crippen LogP contribution in [-0.2, 0) is 42.1 Å². The summed E-state index contributed by atoms with van der Waals surface area (Å²) in [7, 11) is -3.60. The van der Waals surface area contributed by atoms with Crippen molar-refractivity contribution in [2.75, 3.05) is 38.2 Å². The first-order valence-corrected chi connectivity index (χ1v) is 13.7. The van der Waals surface area contributed by atoms with Gasteiger partial charge in [-0.1, -0.05) is 6.07 Å². The topological polar surface area (TPSA) is 155 Å². The molecule has 0 saturated heterocycles. The number of carbonyl (C=O) groups is 1. The monoisotopic (exact) mass is 504 g/mol. The molecular formula is C23H32N6O5S. The van der Waals surface area contributed by atoms with E-state index in [1.54, 1.807) is 0 Å². The summed E-state index contributed by atoms with van der Waals surface area (Å²) in [5.41, 5.74) is 5.69. The number of fused-ring (bicyclic) bond motifs is 3. The van der Waals surface area contributed by atoms with Gasteiger partial charge in [-0.3, -0.25) is 4.90 Å². The minimum Gasteiger partial charge on any atom is -0.475 e. The second-order valence-corrected chi connectivity index (χ2v) is 11.0. The Kier molecular flexibility index (Phi) is 6.82. The van der Waals surface area contributed by atoms with Gasteiger partial charge in [-0.05, 0) is 60.8 Å². The van der Waals surface area contributed by atoms with Gasteiger partial charge in [-0.2, -0.15) is 5.10 Å². The Morgan fingerprint density at radius 3 is 2.49 bits per heavy atom. The predicted octanol–water partition coefficient (Wildman–Crippen LogP) is 0.841. The Morgan fingerprint density at radius 2 is 1.86 bits per heavy atom. The van der Waals surface area contributed by atoms with Gasteiger partial charge in [-0.15, -0.1) is 4.36 Å². The first-order valence-electron chi connectivity index (χ1n) is 12.1. The van der Waals surface area contributed by atoms with Crippen LogP contribution in [0.5, 0.6) is 5.88 Å². The number of nitrogens with one attached hydrogen (secondary N) is 1. The van der Waals surface area contributed by atoms with E-state index in [1.165, 1.54) is 22.0 Å². The van der Waals surface area contributed by atoms with Crippen LogP contribution >= 0.6 is 0 Å². The van der Waals surface area contributed by atoms with Crippen molar-refractivity contribution in [2.24, 2.45) is 9.50 Å². The Balaban J connectivity index is 1.37. The number of aromatic nitrogens is 2. The number of carbonyl (C=O) groups excluding carboxylic acids is 1.